The second kappa shape index (κ2) is 9.94. The smallest absolute Gasteiger partial charge is 0.308 e. The number of benzene rings is 1. The Bertz CT molecular complexity index is 651. The molecule has 7 nitrogen and oxygen atoms in total. The van der Waals surface area contributed by atoms with Gasteiger partial charge in [0.05, 0.1) is 12.5 Å². The number of ether oxygens (including phenoxy) is 1. The second-order valence-corrected chi connectivity index (χ2v) is 6.84. The van der Waals surface area contributed by atoms with Crippen molar-refractivity contribution in [3.63, 3.8) is 0 Å². The number of rotatable bonds is 8. The fourth-order valence-electron chi connectivity index (χ4n) is 3.24. The van der Waals surface area contributed by atoms with E-state index in [2.05, 4.69) is 5.32 Å². The summed E-state index contributed by atoms with van der Waals surface area (Å²) in [5, 5.41) is 12.3. The normalized spacial score (nSPS) is 15.9. The average Bonchev–Trinajstić information content (AvgIpc) is 2.66. The third-order valence-electron chi connectivity index (χ3n) is 4.90. The van der Waals surface area contributed by atoms with Gasteiger partial charge in [0, 0.05) is 32.5 Å². The molecule has 0 spiro atoms. The van der Waals surface area contributed by atoms with E-state index in [1.807, 2.05) is 31.2 Å². The Balaban J connectivity index is 1.84. The lowest BCUT2D eigenvalue weighted by Gasteiger charge is -2.30. The van der Waals surface area contributed by atoms with Crippen molar-refractivity contribution in [3.05, 3.63) is 29.8 Å². The summed E-state index contributed by atoms with van der Waals surface area (Å²) in [6, 6.07) is 7.33. The number of amides is 2. The number of nitrogens with one attached hydrogen (secondary N) is 1. The molecule has 2 N–H and O–H groups in total. The Morgan fingerprint density at radius 2 is 1.85 bits per heavy atom. The van der Waals surface area contributed by atoms with Crippen LogP contribution in [0.4, 0.5) is 0 Å². The number of aliphatic carboxylic acids is 1. The number of hydrogen-bond acceptors (Lipinski definition) is 4. The molecule has 0 radical (unpaired) electrons. The fraction of sp³-hybridized carbons (Fsp3) is 0.550. The van der Waals surface area contributed by atoms with Gasteiger partial charge in [-0.05, 0) is 43.9 Å². The lowest BCUT2D eigenvalue weighted by molar-refractivity contribution is -0.142. The molecule has 2 amide bonds. The number of likely N-dealkylation sites (tertiary alicyclic amines) is 1. The van der Waals surface area contributed by atoms with Crippen LogP contribution in [0.2, 0.25) is 0 Å². The van der Waals surface area contributed by atoms with E-state index in [0.29, 0.717) is 39.0 Å². The zero-order valence-electron chi connectivity index (χ0n) is 15.9. The highest BCUT2D eigenvalue weighted by Crippen LogP contribution is 2.18. The third kappa shape index (κ3) is 6.27. The first-order valence-electron chi connectivity index (χ1n) is 9.38. The maximum absolute atomic E-state index is 12.3. The highest BCUT2D eigenvalue weighted by molar-refractivity contribution is 5.80. The number of nitrogens with zero attached hydrogens (tertiary/aromatic N) is 1. The topological polar surface area (TPSA) is 95.9 Å². The molecule has 0 aromatic heterocycles. The van der Waals surface area contributed by atoms with Crippen molar-refractivity contribution in [2.45, 2.75) is 33.1 Å². The summed E-state index contributed by atoms with van der Waals surface area (Å²) in [6.45, 7) is 5.24. The monoisotopic (exact) mass is 376 g/mol. The molecular formula is C20H28N2O5. The fourth-order valence-corrected chi connectivity index (χ4v) is 3.24. The van der Waals surface area contributed by atoms with Crippen LogP contribution in [0.15, 0.2) is 24.3 Å². The SMILES string of the molecule is CCOc1ccc(CC(CNC(=O)C2CCN(C(C)=O)CC2)C(=O)O)cc1. The van der Waals surface area contributed by atoms with Crippen LogP contribution in [-0.2, 0) is 20.8 Å². The summed E-state index contributed by atoms with van der Waals surface area (Å²) in [7, 11) is 0. The lowest BCUT2D eigenvalue weighted by Crippen LogP contribution is -2.43. The van der Waals surface area contributed by atoms with Gasteiger partial charge in [-0.1, -0.05) is 12.1 Å². The first-order chi connectivity index (χ1) is 12.9. The molecule has 0 bridgehead atoms. The molecule has 1 atom stereocenters. The molecule has 1 aromatic carbocycles. The number of piperidine rings is 1. The second-order valence-electron chi connectivity index (χ2n) is 6.84. The van der Waals surface area contributed by atoms with Crippen molar-refractivity contribution in [2.75, 3.05) is 26.2 Å². The number of carboxylic acid groups (broad SMARTS) is 1. The Labute approximate surface area is 159 Å². The predicted molar refractivity (Wildman–Crippen MR) is 100 cm³/mol. The standard InChI is InChI=1S/C20H28N2O5/c1-3-27-18-6-4-15(5-7-18)12-17(20(25)26)13-21-19(24)16-8-10-22(11-9-16)14(2)23/h4-7,16-17H,3,8-13H2,1-2H3,(H,21,24)(H,25,26). The van der Waals surface area contributed by atoms with Crippen LogP contribution < -0.4 is 10.1 Å². The molecule has 27 heavy (non-hydrogen) atoms. The highest BCUT2D eigenvalue weighted by Gasteiger charge is 2.27. The largest absolute Gasteiger partial charge is 0.494 e. The van der Waals surface area contributed by atoms with Gasteiger partial charge in [0.25, 0.3) is 0 Å². The van der Waals surface area contributed by atoms with E-state index in [-0.39, 0.29) is 24.3 Å². The summed E-state index contributed by atoms with van der Waals surface area (Å²) in [5.41, 5.74) is 0.884. The Morgan fingerprint density at radius 3 is 2.37 bits per heavy atom. The van der Waals surface area contributed by atoms with Gasteiger partial charge in [0.15, 0.2) is 0 Å². The first kappa shape index (κ1) is 20.7. The molecule has 1 saturated heterocycles. The van der Waals surface area contributed by atoms with Gasteiger partial charge in [0.2, 0.25) is 11.8 Å². The van der Waals surface area contributed by atoms with E-state index in [0.717, 1.165) is 11.3 Å². The molecule has 7 heteroatoms. The van der Waals surface area contributed by atoms with Gasteiger partial charge in [0.1, 0.15) is 5.75 Å². The molecule has 0 aliphatic carbocycles. The number of carbonyl (C=O) groups is 3. The summed E-state index contributed by atoms with van der Waals surface area (Å²) in [5.74, 6) is -1.15. The van der Waals surface area contributed by atoms with Crippen LogP contribution in [0, 0.1) is 11.8 Å². The van der Waals surface area contributed by atoms with Crippen molar-refractivity contribution in [1.82, 2.24) is 10.2 Å². The van der Waals surface area contributed by atoms with Gasteiger partial charge in [-0.3, -0.25) is 14.4 Å². The van der Waals surface area contributed by atoms with Crippen molar-refractivity contribution in [1.29, 1.82) is 0 Å². The number of carbonyl (C=O) groups excluding carboxylic acids is 2. The minimum Gasteiger partial charge on any atom is -0.494 e. The summed E-state index contributed by atoms with van der Waals surface area (Å²) in [4.78, 5) is 37.0. The Hall–Kier alpha value is -2.57. The Morgan fingerprint density at radius 1 is 1.22 bits per heavy atom. The van der Waals surface area contributed by atoms with Crippen molar-refractivity contribution < 1.29 is 24.2 Å². The van der Waals surface area contributed by atoms with Crippen molar-refractivity contribution in [3.8, 4) is 5.75 Å². The zero-order chi connectivity index (χ0) is 19.8. The van der Waals surface area contributed by atoms with Gasteiger partial charge in [-0.2, -0.15) is 0 Å². The van der Waals surface area contributed by atoms with Crippen LogP contribution in [0.3, 0.4) is 0 Å². The maximum Gasteiger partial charge on any atom is 0.308 e. The van der Waals surface area contributed by atoms with E-state index < -0.39 is 11.9 Å². The molecule has 2 rings (SSSR count). The van der Waals surface area contributed by atoms with Crippen LogP contribution in [0.5, 0.6) is 5.75 Å². The molecule has 148 valence electrons. The van der Waals surface area contributed by atoms with Gasteiger partial charge >= 0.3 is 5.97 Å². The third-order valence-corrected chi connectivity index (χ3v) is 4.90. The minimum absolute atomic E-state index is 0.0233. The quantitative estimate of drug-likeness (QED) is 0.720. The van der Waals surface area contributed by atoms with E-state index >= 15 is 0 Å². The Kier molecular flexibility index (Phi) is 7.64. The van der Waals surface area contributed by atoms with Gasteiger partial charge in [-0.15, -0.1) is 0 Å². The van der Waals surface area contributed by atoms with Crippen LogP contribution in [0.25, 0.3) is 0 Å². The maximum atomic E-state index is 12.3. The van der Waals surface area contributed by atoms with Crippen molar-refractivity contribution >= 4 is 17.8 Å². The average molecular weight is 376 g/mol. The molecule has 1 unspecified atom stereocenters. The molecule has 1 aliphatic heterocycles. The van der Waals surface area contributed by atoms with Gasteiger partial charge in [-0.25, -0.2) is 0 Å². The molecule has 1 aromatic rings. The minimum atomic E-state index is -0.935. The number of carboxylic acids is 1. The number of hydrogen-bond donors (Lipinski definition) is 2. The summed E-state index contributed by atoms with van der Waals surface area (Å²) >= 11 is 0. The first-order valence-corrected chi connectivity index (χ1v) is 9.38. The molecular weight excluding hydrogens is 348 g/mol. The van der Waals surface area contributed by atoms with E-state index in [9.17, 15) is 19.5 Å². The van der Waals surface area contributed by atoms with E-state index in [4.69, 9.17) is 4.74 Å². The summed E-state index contributed by atoms with van der Waals surface area (Å²) in [6.07, 6.45) is 1.56. The zero-order valence-corrected chi connectivity index (χ0v) is 15.9. The van der Waals surface area contributed by atoms with E-state index in [1.165, 1.54) is 6.92 Å². The molecule has 1 aliphatic rings. The summed E-state index contributed by atoms with van der Waals surface area (Å²) < 4.78 is 5.38. The highest BCUT2D eigenvalue weighted by atomic mass is 16.5. The van der Waals surface area contributed by atoms with E-state index in [1.54, 1.807) is 4.90 Å². The van der Waals surface area contributed by atoms with Crippen LogP contribution >= 0.6 is 0 Å². The predicted octanol–water partition coefficient (Wildman–Crippen LogP) is 1.70. The molecule has 1 heterocycles. The lowest BCUT2D eigenvalue weighted by atomic mass is 9.95. The van der Waals surface area contributed by atoms with Crippen LogP contribution in [-0.4, -0.2) is 54.0 Å². The van der Waals surface area contributed by atoms with Crippen LogP contribution in [0.1, 0.15) is 32.3 Å². The van der Waals surface area contributed by atoms with Gasteiger partial charge < -0.3 is 20.1 Å². The van der Waals surface area contributed by atoms with Crippen molar-refractivity contribution in [2.24, 2.45) is 11.8 Å². The molecule has 0 saturated carbocycles. The molecule has 1 fully saturated rings.